The second-order valence-electron chi connectivity index (χ2n) is 9.55. The number of benzene rings is 2. The number of carbonyl (C=O) groups is 1. The SMILES string of the molecule is CCCCCCC1(P(=O)(O)Cc2ccccc2)Cc2ccccc2C=C1C(C)C(=O)OCCC. The van der Waals surface area contributed by atoms with Crippen LogP contribution in [0.1, 0.15) is 76.0 Å². The summed E-state index contributed by atoms with van der Waals surface area (Å²) < 4.78 is 20.0. The molecule has 3 atom stereocenters. The number of unbranched alkanes of at least 4 members (excludes halogenated alkanes) is 3. The number of carbonyl (C=O) groups excluding carboxylic acids is 1. The Morgan fingerprint density at radius 2 is 1.74 bits per heavy atom. The average molecular weight is 483 g/mol. The third-order valence-corrected chi connectivity index (χ3v) is 9.78. The maximum atomic E-state index is 14.4. The molecule has 184 valence electrons. The van der Waals surface area contributed by atoms with Crippen LogP contribution in [0.2, 0.25) is 0 Å². The minimum atomic E-state index is -3.78. The van der Waals surface area contributed by atoms with Crippen molar-refractivity contribution in [3.05, 3.63) is 76.9 Å². The number of fused-ring (bicyclic) bond motifs is 1. The molecule has 3 unspecified atom stereocenters. The van der Waals surface area contributed by atoms with Crippen LogP contribution in [-0.2, 0) is 26.7 Å². The van der Waals surface area contributed by atoms with E-state index in [4.69, 9.17) is 4.74 Å². The summed E-state index contributed by atoms with van der Waals surface area (Å²) in [6, 6.07) is 17.6. The molecule has 3 rings (SSSR count). The van der Waals surface area contributed by atoms with Crippen molar-refractivity contribution in [1.82, 2.24) is 0 Å². The molecule has 0 saturated carbocycles. The van der Waals surface area contributed by atoms with Crippen LogP contribution in [0, 0.1) is 5.92 Å². The molecule has 34 heavy (non-hydrogen) atoms. The highest BCUT2D eigenvalue weighted by molar-refractivity contribution is 7.59. The van der Waals surface area contributed by atoms with E-state index in [1.807, 2.05) is 74.5 Å². The zero-order valence-electron chi connectivity index (χ0n) is 20.8. The van der Waals surface area contributed by atoms with Crippen LogP contribution in [-0.4, -0.2) is 22.6 Å². The van der Waals surface area contributed by atoms with Gasteiger partial charge >= 0.3 is 5.97 Å². The average Bonchev–Trinajstić information content (AvgIpc) is 2.84. The largest absolute Gasteiger partial charge is 0.465 e. The molecule has 1 aliphatic rings. The van der Waals surface area contributed by atoms with Crippen LogP contribution >= 0.6 is 7.37 Å². The van der Waals surface area contributed by atoms with Crippen molar-refractivity contribution in [3.8, 4) is 0 Å². The molecule has 0 fully saturated rings. The third kappa shape index (κ3) is 5.90. The molecule has 4 nitrogen and oxygen atoms in total. The number of esters is 1. The summed E-state index contributed by atoms with van der Waals surface area (Å²) in [6.07, 6.45) is 7.94. The Labute approximate surface area is 204 Å². The summed E-state index contributed by atoms with van der Waals surface area (Å²) in [6.45, 7) is 6.32. The molecule has 0 aliphatic heterocycles. The van der Waals surface area contributed by atoms with Gasteiger partial charge in [0, 0.05) is 0 Å². The van der Waals surface area contributed by atoms with E-state index >= 15 is 0 Å². The van der Waals surface area contributed by atoms with Gasteiger partial charge in [0.2, 0.25) is 7.37 Å². The first-order valence-electron chi connectivity index (χ1n) is 12.7. The number of hydrogen-bond acceptors (Lipinski definition) is 3. The lowest BCUT2D eigenvalue weighted by atomic mass is 9.75. The van der Waals surface area contributed by atoms with Crippen molar-refractivity contribution in [2.45, 2.75) is 77.0 Å². The van der Waals surface area contributed by atoms with E-state index in [-0.39, 0.29) is 12.1 Å². The van der Waals surface area contributed by atoms with Gasteiger partial charge in [-0.1, -0.05) is 100 Å². The van der Waals surface area contributed by atoms with Crippen molar-refractivity contribution in [3.63, 3.8) is 0 Å². The lowest BCUT2D eigenvalue weighted by Gasteiger charge is -2.44. The van der Waals surface area contributed by atoms with Crippen LogP contribution in [0.3, 0.4) is 0 Å². The highest BCUT2D eigenvalue weighted by Crippen LogP contribution is 2.66. The van der Waals surface area contributed by atoms with Gasteiger partial charge < -0.3 is 9.63 Å². The highest BCUT2D eigenvalue weighted by Gasteiger charge is 2.53. The summed E-state index contributed by atoms with van der Waals surface area (Å²) in [5, 5.41) is -0.990. The highest BCUT2D eigenvalue weighted by atomic mass is 31.2. The minimum absolute atomic E-state index is 0.0951. The van der Waals surface area contributed by atoms with Crippen LogP contribution in [0.25, 0.3) is 6.08 Å². The second kappa shape index (κ2) is 12.0. The Morgan fingerprint density at radius 3 is 2.44 bits per heavy atom. The summed E-state index contributed by atoms with van der Waals surface area (Å²) in [5.74, 6) is -0.896. The number of ether oxygens (including phenoxy) is 1. The molecule has 0 aromatic heterocycles. The predicted octanol–water partition coefficient (Wildman–Crippen LogP) is 7.40. The normalized spacial score (nSPS) is 20.1. The summed E-state index contributed by atoms with van der Waals surface area (Å²) >= 11 is 0. The van der Waals surface area contributed by atoms with Crippen molar-refractivity contribution in [2.24, 2.45) is 5.92 Å². The zero-order valence-corrected chi connectivity index (χ0v) is 21.7. The predicted molar refractivity (Wildman–Crippen MR) is 140 cm³/mol. The van der Waals surface area contributed by atoms with Crippen LogP contribution in [0.15, 0.2) is 60.2 Å². The molecular formula is C29H39O4P. The smallest absolute Gasteiger partial charge is 0.312 e. The fraction of sp³-hybridized carbons (Fsp3) is 0.483. The molecule has 5 heteroatoms. The van der Waals surface area contributed by atoms with Crippen molar-refractivity contribution < 1.29 is 19.0 Å². The Balaban J connectivity index is 2.11. The summed E-state index contributed by atoms with van der Waals surface area (Å²) in [7, 11) is -3.78. The topological polar surface area (TPSA) is 63.6 Å². The van der Waals surface area contributed by atoms with Crippen molar-refractivity contribution >= 4 is 19.4 Å². The molecule has 1 N–H and O–H groups in total. The quantitative estimate of drug-likeness (QED) is 0.195. The van der Waals surface area contributed by atoms with E-state index < -0.39 is 18.4 Å². The van der Waals surface area contributed by atoms with Gasteiger partial charge in [0.1, 0.15) is 0 Å². The molecule has 1 aliphatic carbocycles. The Bertz CT molecular complexity index is 1030. The van der Waals surface area contributed by atoms with Gasteiger partial charge in [-0.3, -0.25) is 9.36 Å². The first-order valence-corrected chi connectivity index (χ1v) is 14.5. The maximum Gasteiger partial charge on any atom is 0.312 e. The standard InChI is InChI=1S/C29H39O4P/c1-4-6-7-13-18-29(34(31,32)22-24-14-9-8-10-15-24)21-26-17-12-11-16-25(26)20-27(29)23(3)28(30)33-19-5-2/h8-12,14-17,20,23H,4-7,13,18-19,21-22H2,1-3H3,(H,31,32). The van der Waals surface area contributed by atoms with Gasteiger partial charge in [-0.05, 0) is 48.4 Å². The van der Waals surface area contributed by atoms with Gasteiger partial charge in [-0.15, -0.1) is 0 Å². The number of hydrogen-bond donors (Lipinski definition) is 1. The Morgan fingerprint density at radius 1 is 1.03 bits per heavy atom. The van der Waals surface area contributed by atoms with Crippen LogP contribution < -0.4 is 0 Å². The van der Waals surface area contributed by atoms with E-state index in [0.717, 1.165) is 54.4 Å². The Hall–Kier alpha value is -2.16. The molecule has 2 aromatic carbocycles. The fourth-order valence-electron chi connectivity index (χ4n) is 5.10. The summed E-state index contributed by atoms with van der Waals surface area (Å²) in [5.41, 5.74) is 3.70. The van der Waals surface area contributed by atoms with Gasteiger partial charge in [-0.2, -0.15) is 0 Å². The molecule has 0 radical (unpaired) electrons. The van der Waals surface area contributed by atoms with Crippen molar-refractivity contribution in [1.29, 1.82) is 0 Å². The van der Waals surface area contributed by atoms with Crippen LogP contribution in [0.4, 0.5) is 0 Å². The molecular weight excluding hydrogens is 443 g/mol. The fourth-order valence-corrected chi connectivity index (χ4v) is 7.69. The van der Waals surface area contributed by atoms with E-state index in [1.54, 1.807) is 0 Å². The second-order valence-corrected chi connectivity index (χ2v) is 12.1. The van der Waals surface area contributed by atoms with Gasteiger partial charge in [0.25, 0.3) is 0 Å². The van der Waals surface area contributed by atoms with Gasteiger partial charge in [0.15, 0.2) is 0 Å². The monoisotopic (exact) mass is 482 g/mol. The van der Waals surface area contributed by atoms with Gasteiger partial charge in [0.05, 0.1) is 23.8 Å². The Kier molecular flexibility index (Phi) is 9.33. The molecule has 0 heterocycles. The van der Waals surface area contributed by atoms with Gasteiger partial charge in [-0.25, -0.2) is 0 Å². The van der Waals surface area contributed by atoms with E-state index in [2.05, 4.69) is 6.92 Å². The lowest BCUT2D eigenvalue weighted by molar-refractivity contribution is -0.146. The van der Waals surface area contributed by atoms with E-state index in [9.17, 15) is 14.3 Å². The first kappa shape index (κ1) is 26.4. The third-order valence-electron chi connectivity index (χ3n) is 7.01. The van der Waals surface area contributed by atoms with E-state index in [1.165, 1.54) is 0 Å². The molecule has 2 aromatic rings. The molecule has 0 amide bonds. The maximum absolute atomic E-state index is 14.4. The van der Waals surface area contributed by atoms with Crippen LogP contribution in [0.5, 0.6) is 0 Å². The molecule has 0 spiro atoms. The molecule has 0 bridgehead atoms. The molecule has 0 saturated heterocycles. The minimum Gasteiger partial charge on any atom is -0.465 e. The van der Waals surface area contributed by atoms with Crippen molar-refractivity contribution in [2.75, 3.05) is 6.61 Å². The lowest BCUT2D eigenvalue weighted by Crippen LogP contribution is -2.41. The first-order chi connectivity index (χ1) is 16.3. The zero-order chi connectivity index (χ0) is 24.6. The van der Waals surface area contributed by atoms with E-state index in [0.29, 0.717) is 19.4 Å². The summed E-state index contributed by atoms with van der Waals surface area (Å²) in [4.78, 5) is 24.9. The number of rotatable bonds is 12.